The van der Waals surface area contributed by atoms with Gasteiger partial charge in [-0.3, -0.25) is 0 Å². The van der Waals surface area contributed by atoms with Gasteiger partial charge in [-0.05, 0) is 77.9 Å². The van der Waals surface area contributed by atoms with Crippen molar-refractivity contribution in [2.75, 3.05) is 13.7 Å². The van der Waals surface area contributed by atoms with E-state index in [4.69, 9.17) is 9.47 Å². The van der Waals surface area contributed by atoms with Crippen LogP contribution in [0.3, 0.4) is 0 Å². The van der Waals surface area contributed by atoms with Crippen molar-refractivity contribution in [2.24, 2.45) is 5.92 Å². The van der Waals surface area contributed by atoms with Crippen molar-refractivity contribution in [3.8, 4) is 28.4 Å². The van der Waals surface area contributed by atoms with Gasteiger partial charge in [0.05, 0.1) is 6.61 Å². The molecule has 0 saturated carbocycles. The SMILES string of the molecule is CCOc1ccc(-c2cccc(Oc3ccc4c(c3)/C(NC)=C/C=C\C(C)C4C)c2)cc1. The predicted octanol–water partition coefficient (Wildman–Crippen LogP) is 7.41. The summed E-state index contributed by atoms with van der Waals surface area (Å²) in [7, 11) is 1.97. The average molecular weight is 426 g/mol. The van der Waals surface area contributed by atoms with Crippen molar-refractivity contribution in [3.05, 3.63) is 96.1 Å². The third-order valence-electron chi connectivity index (χ3n) is 6.11. The maximum atomic E-state index is 6.30. The molecular weight excluding hydrogens is 394 g/mol. The normalized spacial score (nSPS) is 20.2. The monoisotopic (exact) mass is 425 g/mol. The second-order valence-corrected chi connectivity index (χ2v) is 8.20. The molecule has 32 heavy (non-hydrogen) atoms. The predicted molar refractivity (Wildman–Crippen MR) is 133 cm³/mol. The van der Waals surface area contributed by atoms with Gasteiger partial charge in [-0.15, -0.1) is 0 Å². The molecule has 0 amide bonds. The maximum Gasteiger partial charge on any atom is 0.128 e. The number of ether oxygens (including phenoxy) is 2. The van der Waals surface area contributed by atoms with Crippen molar-refractivity contribution >= 4 is 5.70 Å². The lowest BCUT2D eigenvalue weighted by atomic mass is 9.83. The van der Waals surface area contributed by atoms with Gasteiger partial charge in [0.15, 0.2) is 0 Å². The quantitative estimate of drug-likeness (QED) is 0.446. The van der Waals surface area contributed by atoms with Crippen LogP contribution in [0.15, 0.2) is 85.0 Å². The standard InChI is InChI=1S/C29H31NO2/c1-5-31-24-14-12-22(13-15-24)23-9-7-10-25(18-23)32-26-16-17-27-21(3)20(2)8-6-11-29(30-4)28(27)19-26/h6-21,30H,5H2,1-4H3/b8-6-,29-11-. The molecule has 0 fully saturated rings. The zero-order valence-corrected chi connectivity index (χ0v) is 19.3. The van der Waals surface area contributed by atoms with Crippen LogP contribution < -0.4 is 14.8 Å². The highest BCUT2D eigenvalue weighted by molar-refractivity contribution is 5.71. The molecule has 1 aliphatic carbocycles. The van der Waals surface area contributed by atoms with Gasteiger partial charge in [0.1, 0.15) is 17.2 Å². The molecule has 2 unspecified atom stereocenters. The van der Waals surface area contributed by atoms with Crippen LogP contribution in [0.4, 0.5) is 0 Å². The van der Waals surface area contributed by atoms with Crippen LogP contribution in [-0.4, -0.2) is 13.7 Å². The molecule has 3 aromatic carbocycles. The molecule has 2 atom stereocenters. The van der Waals surface area contributed by atoms with Crippen molar-refractivity contribution in [2.45, 2.75) is 26.7 Å². The van der Waals surface area contributed by atoms with Gasteiger partial charge >= 0.3 is 0 Å². The third kappa shape index (κ3) is 4.72. The molecule has 164 valence electrons. The first-order valence-corrected chi connectivity index (χ1v) is 11.3. The zero-order chi connectivity index (χ0) is 22.5. The van der Waals surface area contributed by atoms with E-state index in [2.05, 4.69) is 79.9 Å². The molecule has 3 heteroatoms. The fourth-order valence-electron chi connectivity index (χ4n) is 4.10. The highest BCUT2D eigenvalue weighted by Crippen LogP contribution is 2.36. The van der Waals surface area contributed by atoms with Crippen molar-refractivity contribution in [1.29, 1.82) is 0 Å². The average Bonchev–Trinajstić information content (AvgIpc) is 2.81. The van der Waals surface area contributed by atoms with Gasteiger partial charge in [0.2, 0.25) is 0 Å². The summed E-state index contributed by atoms with van der Waals surface area (Å²) in [4.78, 5) is 0. The Labute approximate surface area is 191 Å². The van der Waals surface area contributed by atoms with Gasteiger partial charge in [-0.25, -0.2) is 0 Å². The Bertz CT molecular complexity index is 1130. The number of nitrogens with one attached hydrogen (secondary N) is 1. The van der Waals surface area contributed by atoms with E-state index in [0.717, 1.165) is 34.1 Å². The highest BCUT2D eigenvalue weighted by atomic mass is 16.5. The van der Waals surface area contributed by atoms with Crippen LogP contribution in [0.2, 0.25) is 0 Å². The van der Waals surface area contributed by atoms with Crippen LogP contribution in [-0.2, 0) is 0 Å². The Hall–Kier alpha value is -3.46. The lowest BCUT2D eigenvalue weighted by Gasteiger charge is -2.24. The minimum atomic E-state index is 0.426. The number of benzene rings is 3. The van der Waals surface area contributed by atoms with Crippen LogP contribution in [0.5, 0.6) is 17.2 Å². The van der Waals surface area contributed by atoms with Gasteiger partial charge in [-0.2, -0.15) is 0 Å². The lowest BCUT2D eigenvalue weighted by molar-refractivity contribution is 0.340. The maximum absolute atomic E-state index is 6.30. The van der Waals surface area contributed by atoms with E-state index in [0.29, 0.717) is 18.4 Å². The first-order valence-electron chi connectivity index (χ1n) is 11.3. The van der Waals surface area contributed by atoms with Crippen molar-refractivity contribution in [1.82, 2.24) is 5.32 Å². The van der Waals surface area contributed by atoms with Gasteiger partial charge in [0, 0.05) is 18.3 Å². The van der Waals surface area contributed by atoms with E-state index in [1.54, 1.807) is 0 Å². The smallest absolute Gasteiger partial charge is 0.128 e. The molecule has 0 aromatic heterocycles. The first kappa shape index (κ1) is 21.8. The zero-order valence-electron chi connectivity index (χ0n) is 19.3. The molecule has 0 heterocycles. The van der Waals surface area contributed by atoms with Crippen LogP contribution in [0.25, 0.3) is 16.8 Å². The van der Waals surface area contributed by atoms with E-state index >= 15 is 0 Å². The number of allylic oxidation sites excluding steroid dienone is 3. The molecule has 3 nitrogen and oxygen atoms in total. The van der Waals surface area contributed by atoms with E-state index in [1.165, 1.54) is 11.1 Å². The summed E-state index contributed by atoms with van der Waals surface area (Å²) >= 11 is 0. The Morgan fingerprint density at radius 3 is 2.34 bits per heavy atom. The van der Waals surface area contributed by atoms with Crippen molar-refractivity contribution < 1.29 is 9.47 Å². The largest absolute Gasteiger partial charge is 0.494 e. The van der Waals surface area contributed by atoms with Crippen LogP contribution >= 0.6 is 0 Å². The molecule has 0 spiro atoms. The summed E-state index contributed by atoms with van der Waals surface area (Å²) in [5.74, 6) is 3.43. The van der Waals surface area contributed by atoms with E-state index in [9.17, 15) is 0 Å². The minimum absolute atomic E-state index is 0.426. The molecule has 0 saturated heterocycles. The van der Waals surface area contributed by atoms with Gasteiger partial charge in [0.25, 0.3) is 0 Å². The molecule has 4 rings (SSSR count). The summed E-state index contributed by atoms with van der Waals surface area (Å²) in [6.45, 7) is 7.21. The number of rotatable bonds is 6. The van der Waals surface area contributed by atoms with Crippen molar-refractivity contribution in [3.63, 3.8) is 0 Å². The minimum Gasteiger partial charge on any atom is -0.494 e. The summed E-state index contributed by atoms with van der Waals surface area (Å²) in [6, 6.07) is 22.8. The van der Waals surface area contributed by atoms with Gasteiger partial charge < -0.3 is 14.8 Å². The summed E-state index contributed by atoms with van der Waals surface area (Å²) in [6.07, 6.45) is 6.54. The fraction of sp³-hybridized carbons (Fsp3) is 0.241. The Kier molecular flexibility index (Phi) is 6.65. The Morgan fingerprint density at radius 2 is 1.59 bits per heavy atom. The second-order valence-electron chi connectivity index (χ2n) is 8.20. The van der Waals surface area contributed by atoms with E-state index in [-0.39, 0.29) is 0 Å². The molecule has 3 aromatic rings. The summed E-state index contributed by atoms with van der Waals surface area (Å²) < 4.78 is 11.9. The van der Waals surface area contributed by atoms with Crippen LogP contribution in [0, 0.1) is 5.92 Å². The summed E-state index contributed by atoms with van der Waals surface area (Å²) in [5, 5.41) is 3.34. The Balaban J connectivity index is 1.62. The van der Waals surface area contributed by atoms with E-state index in [1.807, 2.05) is 38.2 Å². The van der Waals surface area contributed by atoms with Gasteiger partial charge in [-0.1, -0.05) is 56.3 Å². The number of fused-ring (bicyclic) bond motifs is 1. The molecule has 1 N–H and O–H groups in total. The second kappa shape index (κ2) is 9.78. The summed E-state index contributed by atoms with van der Waals surface area (Å²) in [5.41, 5.74) is 5.87. The number of hydrogen-bond donors (Lipinski definition) is 1. The number of hydrogen-bond acceptors (Lipinski definition) is 3. The van der Waals surface area contributed by atoms with Crippen LogP contribution in [0.1, 0.15) is 37.8 Å². The molecular formula is C29H31NO2. The van der Waals surface area contributed by atoms with E-state index < -0.39 is 0 Å². The fourth-order valence-corrected chi connectivity index (χ4v) is 4.10. The third-order valence-corrected chi connectivity index (χ3v) is 6.11. The lowest BCUT2D eigenvalue weighted by Crippen LogP contribution is -2.13. The Morgan fingerprint density at radius 1 is 0.844 bits per heavy atom. The molecule has 0 bridgehead atoms. The molecule has 0 aliphatic heterocycles. The highest BCUT2D eigenvalue weighted by Gasteiger charge is 2.19. The molecule has 0 radical (unpaired) electrons. The topological polar surface area (TPSA) is 30.5 Å². The first-order chi connectivity index (χ1) is 15.6. The molecule has 1 aliphatic rings.